The molecule has 1 aromatic carbocycles. The first-order valence-electron chi connectivity index (χ1n) is 6.92. The molecule has 5 N–H and O–H groups in total. The third-order valence-electron chi connectivity index (χ3n) is 3.47. The SMILES string of the molecule is NCc1nc(-c2ccc(O)c3nc(C(F)(F)F)ccc23)oc1C(N)=O. The molecule has 0 bridgehead atoms. The Hall–Kier alpha value is -3.14. The van der Waals surface area contributed by atoms with Gasteiger partial charge in [0, 0.05) is 17.5 Å². The summed E-state index contributed by atoms with van der Waals surface area (Å²) < 4.78 is 43.8. The zero-order valence-corrected chi connectivity index (χ0v) is 12.5. The average Bonchev–Trinajstić information content (AvgIpc) is 2.98. The maximum absolute atomic E-state index is 12.8. The average molecular weight is 352 g/mol. The first kappa shape index (κ1) is 16.7. The van der Waals surface area contributed by atoms with Crippen LogP contribution in [0.2, 0.25) is 0 Å². The molecule has 130 valence electrons. The van der Waals surface area contributed by atoms with Gasteiger partial charge in [0.2, 0.25) is 11.7 Å². The molecule has 0 saturated heterocycles. The highest BCUT2D eigenvalue weighted by Gasteiger charge is 2.33. The fourth-order valence-electron chi connectivity index (χ4n) is 2.34. The van der Waals surface area contributed by atoms with Crippen molar-refractivity contribution in [3.05, 3.63) is 41.4 Å². The number of oxazole rings is 1. The molecule has 0 aliphatic heterocycles. The number of carbonyl (C=O) groups is 1. The quantitative estimate of drug-likeness (QED) is 0.663. The Morgan fingerprint density at radius 1 is 1.20 bits per heavy atom. The van der Waals surface area contributed by atoms with E-state index in [0.29, 0.717) is 0 Å². The number of aromatic nitrogens is 2. The molecule has 2 heterocycles. The maximum Gasteiger partial charge on any atom is 0.433 e. The molecule has 0 saturated carbocycles. The monoisotopic (exact) mass is 352 g/mol. The Morgan fingerprint density at radius 2 is 1.92 bits per heavy atom. The summed E-state index contributed by atoms with van der Waals surface area (Å²) in [7, 11) is 0. The molecule has 1 amide bonds. The molecule has 0 radical (unpaired) electrons. The molecule has 0 spiro atoms. The van der Waals surface area contributed by atoms with Crippen molar-refractivity contribution in [3.8, 4) is 17.2 Å². The number of fused-ring (bicyclic) bond motifs is 1. The fraction of sp³-hybridized carbons (Fsp3) is 0.133. The van der Waals surface area contributed by atoms with Gasteiger partial charge in [-0.25, -0.2) is 9.97 Å². The van der Waals surface area contributed by atoms with Gasteiger partial charge in [0.05, 0.1) is 0 Å². The van der Waals surface area contributed by atoms with Gasteiger partial charge in [-0.3, -0.25) is 4.79 Å². The maximum atomic E-state index is 12.8. The van der Waals surface area contributed by atoms with E-state index in [9.17, 15) is 23.1 Å². The number of hydrogen-bond donors (Lipinski definition) is 3. The molecule has 0 fully saturated rings. The van der Waals surface area contributed by atoms with E-state index < -0.39 is 23.5 Å². The van der Waals surface area contributed by atoms with E-state index in [1.165, 1.54) is 6.07 Å². The summed E-state index contributed by atoms with van der Waals surface area (Å²) in [5.74, 6) is -1.62. The number of amides is 1. The number of aromatic hydroxyl groups is 1. The van der Waals surface area contributed by atoms with Crippen LogP contribution >= 0.6 is 0 Å². The van der Waals surface area contributed by atoms with Crippen LogP contribution in [-0.2, 0) is 12.7 Å². The molecule has 10 heteroatoms. The van der Waals surface area contributed by atoms with Crippen molar-refractivity contribution in [2.75, 3.05) is 0 Å². The molecule has 0 unspecified atom stereocenters. The van der Waals surface area contributed by atoms with Crippen molar-refractivity contribution in [1.82, 2.24) is 9.97 Å². The molecular formula is C15H11F3N4O3. The number of primary amides is 1. The van der Waals surface area contributed by atoms with Gasteiger partial charge in [0.25, 0.3) is 5.91 Å². The molecule has 3 rings (SSSR count). The largest absolute Gasteiger partial charge is 0.506 e. The topological polar surface area (TPSA) is 128 Å². The first-order valence-corrected chi connectivity index (χ1v) is 6.92. The standard InChI is InChI=1S/C15H11F3N4O3/c16-15(17,18)10-4-2-6-7(1-3-9(23)11(6)22-10)14-21-8(5-19)12(25-14)13(20)24/h1-4,23H,5,19H2,(H2,20,24). The zero-order valence-electron chi connectivity index (χ0n) is 12.5. The Kier molecular flexibility index (Phi) is 3.84. The minimum absolute atomic E-state index is 0.0687. The van der Waals surface area contributed by atoms with E-state index in [4.69, 9.17) is 15.9 Å². The summed E-state index contributed by atoms with van der Waals surface area (Å²) in [5.41, 5.74) is 9.57. The Morgan fingerprint density at radius 3 is 2.48 bits per heavy atom. The van der Waals surface area contributed by atoms with Crippen LogP contribution in [0.4, 0.5) is 13.2 Å². The predicted molar refractivity (Wildman–Crippen MR) is 80.3 cm³/mol. The van der Waals surface area contributed by atoms with E-state index in [1.54, 1.807) is 0 Å². The van der Waals surface area contributed by atoms with Crippen LogP contribution in [0.15, 0.2) is 28.7 Å². The van der Waals surface area contributed by atoms with E-state index in [2.05, 4.69) is 9.97 Å². The second-order valence-corrected chi connectivity index (χ2v) is 5.09. The highest BCUT2D eigenvalue weighted by molar-refractivity contribution is 5.97. The van der Waals surface area contributed by atoms with Gasteiger partial charge in [-0.05, 0) is 24.3 Å². The number of halogens is 3. The zero-order chi connectivity index (χ0) is 18.4. The number of pyridine rings is 1. The van der Waals surface area contributed by atoms with Crippen LogP contribution in [0.25, 0.3) is 22.4 Å². The molecule has 3 aromatic rings. The van der Waals surface area contributed by atoms with Crippen LogP contribution in [0.3, 0.4) is 0 Å². The summed E-state index contributed by atoms with van der Waals surface area (Å²) in [6, 6.07) is 4.44. The molecule has 7 nitrogen and oxygen atoms in total. The van der Waals surface area contributed by atoms with E-state index >= 15 is 0 Å². The highest BCUT2D eigenvalue weighted by Crippen LogP contribution is 2.36. The smallest absolute Gasteiger partial charge is 0.433 e. The van der Waals surface area contributed by atoms with Gasteiger partial charge in [0.15, 0.2) is 0 Å². The minimum atomic E-state index is -4.66. The number of benzene rings is 1. The molecule has 0 aliphatic carbocycles. The Labute approximate surface area is 138 Å². The number of alkyl halides is 3. The van der Waals surface area contributed by atoms with Gasteiger partial charge >= 0.3 is 6.18 Å². The number of hydrogen-bond acceptors (Lipinski definition) is 6. The van der Waals surface area contributed by atoms with Gasteiger partial charge in [0.1, 0.15) is 22.7 Å². The Bertz CT molecular complexity index is 982. The number of nitrogens with zero attached hydrogens (tertiary/aromatic N) is 2. The third kappa shape index (κ3) is 2.87. The van der Waals surface area contributed by atoms with Crippen molar-refractivity contribution in [2.45, 2.75) is 12.7 Å². The van der Waals surface area contributed by atoms with E-state index in [0.717, 1.165) is 18.2 Å². The summed E-state index contributed by atoms with van der Waals surface area (Å²) in [6.45, 7) is -0.117. The normalized spacial score (nSPS) is 11.8. The van der Waals surface area contributed by atoms with Crippen molar-refractivity contribution < 1.29 is 27.5 Å². The molecule has 0 aliphatic rings. The summed E-state index contributed by atoms with van der Waals surface area (Å²) in [4.78, 5) is 18.9. The van der Waals surface area contributed by atoms with Crippen LogP contribution in [0, 0.1) is 0 Å². The van der Waals surface area contributed by atoms with Crippen LogP contribution in [0.5, 0.6) is 5.75 Å². The van der Waals surface area contributed by atoms with Crippen molar-refractivity contribution in [3.63, 3.8) is 0 Å². The number of phenolic OH excluding ortho intramolecular Hbond substituents is 1. The lowest BCUT2D eigenvalue weighted by Crippen LogP contribution is -2.13. The third-order valence-corrected chi connectivity index (χ3v) is 3.47. The van der Waals surface area contributed by atoms with Crippen LogP contribution < -0.4 is 11.5 Å². The number of carbonyl (C=O) groups excluding carboxylic acids is 1. The van der Waals surface area contributed by atoms with Crippen molar-refractivity contribution in [2.24, 2.45) is 11.5 Å². The van der Waals surface area contributed by atoms with E-state index in [1.807, 2.05) is 0 Å². The fourth-order valence-corrected chi connectivity index (χ4v) is 2.34. The molecule has 0 atom stereocenters. The summed E-state index contributed by atoms with van der Waals surface area (Å²) >= 11 is 0. The van der Waals surface area contributed by atoms with Crippen molar-refractivity contribution in [1.29, 1.82) is 0 Å². The lowest BCUT2D eigenvalue weighted by Gasteiger charge is -2.09. The number of phenols is 1. The molecule has 2 aromatic heterocycles. The van der Waals surface area contributed by atoms with Crippen LogP contribution in [0.1, 0.15) is 21.9 Å². The lowest BCUT2D eigenvalue weighted by molar-refractivity contribution is -0.140. The van der Waals surface area contributed by atoms with Crippen LogP contribution in [-0.4, -0.2) is 21.0 Å². The van der Waals surface area contributed by atoms with Gasteiger partial charge < -0.3 is 21.0 Å². The van der Waals surface area contributed by atoms with Crippen molar-refractivity contribution >= 4 is 16.8 Å². The predicted octanol–water partition coefficient (Wildman–Crippen LogP) is 2.17. The van der Waals surface area contributed by atoms with E-state index in [-0.39, 0.29) is 40.4 Å². The number of nitrogens with two attached hydrogens (primary N) is 2. The summed E-state index contributed by atoms with van der Waals surface area (Å²) in [6.07, 6.45) is -4.66. The highest BCUT2D eigenvalue weighted by atomic mass is 19.4. The minimum Gasteiger partial charge on any atom is -0.506 e. The summed E-state index contributed by atoms with van der Waals surface area (Å²) in [5, 5.41) is 10.0. The van der Waals surface area contributed by atoms with Gasteiger partial charge in [-0.1, -0.05) is 0 Å². The first-order chi connectivity index (χ1) is 11.7. The number of rotatable bonds is 3. The second kappa shape index (κ2) is 5.74. The van der Waals surface area contributed by atoms with Gasteiger partial charge in [-0.15, -0.1) is 0 Å². The molecular weight excluding hydrogens is 341 g/mol. The second-order valence-electron chi connectivity index (χ2n) is 5.09. The lowest BCUT2D eigenvalue weighted by atomic mass is 10.1. The molecule has 25 heavy (non-hydrogen) atoms. The Balaban J connectivity index is 2.24. The van der Waals surface area contributed by atoms with Gasteiger partial charge in [-0.2, -0.15) is 13.2 Å².